The number of carbonyl (C=O) groups is 2. The molecule has 0 fully saturated rings. The maximum atomic E-state index is 11.7. The van der Waals surface area contributed by atoms with Gasteiger partial charge >= 0.3 is 5.97 Å². The zero-order valence-electron chi connectivity index (χ0n) is 11.0. The SMILES string of the molecule is COC(=O)CC(C)S(=O)CC(=O)NC(C)(C)C. The maximum absolute atomic E-state index is 11.7. The predicted molar refractivity (Wildman–Crippen MR) is 67.0 cm³/mol. The summed E-state index contributed by atoms with van der Waals surface area (Å²) in [4.78, 5) is 22.5. The number of esters is 1. The highest BCUT2D eigenvalue weighted by molar-refractivity contribution is 7.86. The fraction of sp³-hybridized carbons (Fsp3) is 0.818. The average molecular weight is 263 g/mol. The normalized spacial score (nSPS) is 14.9. The van der Waals surface area contributed by atoms with E-state index in [2.05, 4.69) is 10.1 Å². The van der Waals surface area contributed by atoms with Crippen LogP contribution >= 0.6 is 0 Å². The maximum Gasteiger partial charge on any atom is 0.306 e. The second kappa shape index (κ2) is 6.74. The van der Waals surface area contributed by atoms with Crippen LogP contribution in [0.4, 0.5) is 0 Å². The molecule has 0 aromatic rings. The van der Waals surface area contributed by atoms with Crippen LogP contribution in [0.15, 0.2) is 0 Å². The van der Waals surface area contributed by atoms with Gasteiger partial charge in [0.15, 0.2) is 0 Å². The molecule has 0 aliphatic carbocycles. The molecule has 0 radical (unpaired) electrons. The predicted octanol–water partition coefficient (Wildman–Crippen LogP) is 0.601. The van der Waals surface area contributed by atoms with Gasteiger partial charge in [-0.15, -0.1) is 0 Å². The molecule has 0 spiro atoms. The van der Waals surface area contributed by atoms with Crippen molar-refractivity contribution in [3.05, 3.63) is 0 Å². The Bertz CT molecular complexity index is 309. The first kappa shape index (κ1) is 16.1. The van der Waals surface area contributed by atoms with Crippen LogP contribution in [0, 0.1) is 0 Å². The Morgan fingerprint density at radius 2 is 1.88 bits per heavy atom. The van der Waals surface area contributed by atoms with Crippen LogP contribution in [0.5, 0.6) is 0 Å². The Morgan fingerprint density at radius 3 is 2.29 bits per heavy atom. The third-order valence-electron chi connectivity index (χ3n) is 1.92. The van der Waals surface area contributed by atoms with E-state index < -0.39 is 16.8 Å². The number of rotatable bonds is 5. The Hall–Kier alpha value is -0.910. The van der Waals surface area contributed by atoms with Gasteiger partial charge in [0.05, 0.1) is 13.5 Å². The molecule has 5 nitrogen and oxygen atoms in total. The van der Waals surface area contributed by atoms with Gasteiger partial charge in [0, 0.05) is 21.6 Å². The van der Waals surface area contributed by atoms with Crippen LogP contribution in [-0.2, 0) is 25.1 Å². The van der Waals surface area contributed by atoms with Gasteiger partial charge in [-0.25, -0.2) is 0 Å². The highest BCUT2D eigenvalue weighted by Crippen LogP contribution is 2.04. The van der Waals surface area contributed by atoms with Crippen molar-refractivity contribution in [3.63, 3.8) is 0 Å². The number of ether oxygens (including phenoxy) is 1. The molecule has 0 saturated carbocycles. The molecule has 0 aromatic heterocycles. The molecule has 0 saturated heterocycles. The van der Waals surface area contributed by atoms with E-state index in [0.717, 1.165) is 0 Å². The van der Waals surface area contributed by atoms with Gasteiger partial charge in [-0.1, -0.05) is 6.92 Å². The van der Waals surface area contributed by atoms with Crippen molar-refractivity contribution in [3.8, 4) is 0 Å². The average Bonchev–Trinajstić information content (AvgIpc) is 2.14. The van der Waals surface area contributed by atoms with Crippen molar-refractivity contribution in [2.24, 2.45) is 0 Å². The van der Waals surface area contributed by atoms with E-state index in [1.165, 1.54) is 7.11 Å². The molecule has 100 valence electrons. The van der Waals surface area contributed by atoms with Gasteiger partial charge in [-0.05, 0) is 20.8 Å². The molecular formula is C11H21NO4S. The lowest BCUT2D eigenvalue weighted by Gasteiger charge is -2.20. The van der Waals surface area contributed by atoms with E-state index >= 15 is 0 Å². The molecule has 1 N–H and O–H groups in total. The van der Waals surface area contributed by atoms with Crippen molar-refractivity contribution >= 4 is 22.7 Å². The van der Waals surface area contributed by atoms with Crippen molar-refractivity contribution in [1.29, 1.82) is 0 Å². The number of hydrogen-bond donors (Lipinski definition) is 1. The largest absolute Gasteiger partial charge is 0.469 e. The Balaban J connectivity index is 4.17. The molecule has 1 amide bonds. The van der Waals surface area contributed by atoms with Crippen molar-refractivity contribution in [1.82, 2.24) is 5.32 Å². The number of amides is 1. The summed E-state index contributed by atoms with van der Waals surface area (Å²) < 4.78 is 16.2. The Labute approximate surface area is 105 Å². The fourth-order valence-electron chi connectivity index (χ4n) is 1.14. The summed E-state index contributed by atoms with van der Waals surface area (Å²) in [5, 5.41) is 2.34. The topological polar surface area (TPSA) is 72.5 Å². The van der Waals surface area contributed by atoms with Gasteiger partial charge in [-0.3, -0.25) is 13.8 Å². The van der Waals surface area contributed by atoms with E-state index in [1.807, 2.05) is 20.8 Å². The summed E-state index contributed by atoms with van der Waals surface area (Å²) in [5.74, 6) is -0.773. The Morgan fingerprint density at radius 1 is 1.35 bits per heavy atom. The second-order valence-corrected chi connectivity index (χ2v) is 6.77. The van der Waals surface area contributed by atoms with Crippen LogP contribution < -0.4 is 5.32 Å². The summed E-state index contributed by atoms with van der Waals surface area (Å²) in [6, 6.07) is 0. The summed E-state index contributed by atoms with van der Waals surface area (Å²) in [5.41, 5.74) is -0.340. The highest BCUT2D eigenvalue weighted by atomic mass is 32.2. The summed E-state index contributed by atoms with van der Waals surface area (Å²) in [6.07, 6.45) is 0.0614. The smallest absolute Gasteiger partial charge is 0.306 e. The van der Waals surface area contributed by atoms with Gasteiger partial charge in [0.2, 0.25) is 5.91 Å². The van der Waals surface area contributed by atoms with Crippen molar-refractivity contribution < 1.29 is 18.5 Å². The molecule has 0 heterocycles. The number of nitrogens with one attached hydrogen (secondary N) is 1. The molecule has 2 atom stereocenters. The molecule has 0 bridgehead atoms. The van der Waals surface area contributed by atoms with E-state index in [9.17, 15) is 13.8 Å². The van der Waals surface area contributed by atoms with Gasteiger partial charge < -0.3 is 10.1 Å². The minimum Gasteiger partial charge on any atom is -0.469 e. The lowest BCUT2D eigenvalue weighted by atomic mass is 10.1. The zero-order chi connectivity index (χ0) is 13.6. The van der Waals surface area contributed by atoms with Crippen LogP contribution in [-0.4, -0.2) is 39.7 Å². The summed E-state index contributed by atoms with van der Waals surface area (Å²) in [7, 11) is -0.0826. The van der Waals surface area contributed by atoms with Crippen LogP contribution in [0.2, 0.25) is 0 Å². The fourth-order valence-corrected chi connectivity index (χ4v) is 2.07. The lowest BCUT2D eigenvalue weighted by molar-refractivity contribution is -0.140. The molecule has 0 rings (SSSR count). The minimum atomic E-state index is -1.36. The first-order chi connectivity index (χ1) is 7.65. The summed E-state index contributed by atoms with van der Waals surface area (Å²) in [6.45, 7) is 7.22. The van der Waals surface area contributed by atoms with Gasteiger partial charge in [0.25, 0.3) is 0 Å². The number of carbonyl (C=O) groups excluding carboxylic acids is 2. The van der Waals surface area contributed by atoms with Crippen molar-refractivity contribution in [2.45, 2.75) is 44.9 Å². The number of hydrogen-bond acceptors (Lipinski definition) is 4. The van der Waals surface area contributed by atoms with Crippen LogP contribution in [0.1, 0.15) is 34.1 Å². The Kier molecular flexibility index (Phi) is 6.37. The molecule has 0 aromatic carbocycles. The standard InChI is InChI=1S/C11H21NO4S/c1-8(6-10(14)16-5)17(15)7-9(13)12-11(2,3)4/h8H,6-7H2,1-5H3,(H,12,13). The quantitative estimate of drug-likeness (QED) is 0.737. The first-order valence-corrected chi connectivity index (χ1v) is 6.79. The van der Waals surface area contributed by atoms with Crippen molar-refractivity contribution in [2.75, 3.05) is 12.9 Å². The van der Waals surface area contributed by atoms with E-state index in [-0.39, 0.29) is 28.9 Å². The van der Waals surface area contributed by atoms with E-state index in [0.29, 0.717) is 0 Å². The third-order valence-corrected chi connectivity index (χ3v) is 3.53. The second-order valence-electron chi connectivity index (χ2n) is 4.91. The zero-order valence-corrected chi connectivity index (χ0v) is 11.8. The minimum absolute atomic E-state index is 0.0614. The third kappa shape index (κ3) is 7.90. The van der Waals surface area contributed by atoms with Gasteiger partial charge in [-0.2, -0.15) is 0 Å². The monoisotopic (exact) mass is 263 g/mol. The van der Waals surface area contributed by atoms with E-state index in [1.54, 1.807) is 6.92 Å². The molecule has 0 aliphatic rings. The lowest BCUT2D eigenvalue weighted by Crippen LogP contribution is -2.43. The molecule has 17 heavy (non-hydrogen) atoms. The van der Waals surface area contributed by atoms with E-state index in [4.69, 9.17) is 0 Å². The van der Waals surface area contributed by atoms with Crippen LogP contribution in [0.3, 0.4) is 0 Å². The van der Waals surface area contributed by atoms with Crippen LogP contribution in [0.25, 0.3) is 0 Å². The number of methoxy groups -OCH3 is 1. The molecule has 0 aliphatic heterocycles. The highest BCUT2D eigenvalue weighted by Gasteiger charge is 2.21. The molecule has 2 unspecified atom stereocenters. The molecule has 6 heteroatoms. The molecular weight excluding hydrogens is 242 g/mol. The summed E-state index contributed by atoms with van der Waals surface area (Å²) >= 11 is 0. The van der Waals surface area contributed by atoms with Gasteiger partial charge in [0.1, 0.15) is 5.75 Å². The first-order valence-electron chi connectivity index (χ1n) is 5.40.